The van der Waals surface area contributed by atoms with Gasteiger partial charge in [0.05, 0.1) is 14.2 Å². The smallest absolute Gasteiger partial charge is 0.127 e. The van der Waals surface area contributed by atoms with Crippen molar-refractivity contribution >= 4 is 5.69 Å². The summed E-state index contributed by atoms with van der Waals surface area (Å²) in [5.74, 6) is 1.68. The lowest BCUT2D eigenvalue weighted by Gasteiger charge is -2.17. The summed E-state index contributed by atoms with van der Waals surface area (Å²) in [5, 5.41) is 0. The molecule has 3 rings (SSSR count). The van der Waals surface area contributed by atoms with Gasteiger partial charge in [-0.25, -0.2) is 0 Å². The van der Waals surface area contributed by atoms with Crippen LogP contribution in [0.25, 0.3) is 0 Å². The minimum absolute atomic E-state index is 0.813. The molecule has 0 aromatic heterocycles. The molecule has 0 spiro atoms. The lowest BCUT2D eigenvalue weighted by atomic mass is 10.1. The van der Waals surface area contributed by atoms with Crippen molar-refractivity contribution in [2.75, 3.05) is 20.0 Å². The van der Waals surface area contributed by atoms with Gasteiger partial charge in [-0.1, -0.05) is 12.1 Å². The molecule has 110 valence electrons. The third kappa shape index (κ3) is 2.81. The lowest BCUT2D eigenvalue weighted by Crippen LogP contribution is -2.16. The van der Waals surface area contributed by atoms with Crippen molar-refractivity contribution in [3.8, 4) is 11.5 Å². The van der Waals surface area contributed by atoms with Crippen LogP contribution in [0.15, 0.2) is 36.4 Å². The molecular weight excluding hydrogens is 264 g/mol. The van der Waals surface area contributed by atoms with E-state index in [9.17, 15) is 0 Å². The van der Waals surface area contributed by atoms with E-state index in [1.165, 1.54) is 16.7 Å². The molecule has 0 fully saturated rings. The second-order valence-corrected chi connectivity index (χ2v) is 5.35. The summed E-state index contributed by atoms with van der Waals surface area (Å²) < 4.78 is 10.7. The van der Waals surface area contributed by atoms with Gasteiger partial charge in [0.1, 0.15) is 11.5 Å². The largest absolute Gasteiger partial charge is 0.497 e. The Balaban J connectivity index is 1.77. The molecule has 0 saturated heterocycles. The zero-order valence-corrected chi connectivity index (χ0v) is 12.4. The summed E-state index contributed by atoms with van der Waals surface area (Å²) in [6, 6.07) is 12.1. The highest BCUT2D eigenvalue weighted by molar-refractivity contribution is 5.46. The number of anilines is 1. The van der Waals surface area contributed by atoms with Crippen molar-refractivity contribution in [1.29, 1.82) is 0 Å². The van der Waals surface area contributed by atoms with Crippen molar-refractivity contribution in [2.24, 2.45) is 0 Å². The van der Waals surface area contributed by atoms with Gasteiger partial charge in [0.25, 0.3) is 0 Å². The second kappa shape index (κ2) is 5.66. The van der Waals surface area contributed by atoms with E-state index in [1.54, 1.807) is 14.2 Å². The maximum absolute atomic E-state index is 5.85. The summed E-state index contributed by atoms with van der Waals surface area (Å²) in [6.07, 6.45) is 0. The molecule has 2 aromatic carbocycles. The van der Waals surface area contributed by atoms with Crippen LogP contribution in [0.2, 0.25) is 0 Å². The standard InChI is InChI=1S/C17H20N2O2/c1-20-16-6-4-13(17(8-16)21-2)10-19-9-12-3-5-15(18)7-14(12)11-19/h3-8H,9-11,18H2,1-2H3. The minimum atomic E-state index is 0.813. The zero-order valence-electron chi connectivity index (χ0n) is 12.4. The highest BCUT2D eigenvalue weighted by Crippen LogP contribution is 2.30. The Morgan fingerprint density at radius 1 is 1.00 bits per heavy atom. The Morgan fingerprint density at radius 3 is 2.57 bits per heavy atom. The Kier molecular flexibility index (Phi) is 3.71. The number of nitrogens with zero attached hydrogens (tertiary/aromatic N) is 1. The number of hydrogen-bond acceptors (Lipinski definition) is 4. The number of hydrogen-bond donors (Lipinski definition) is 1. The predicted octanol–water partition coefficient (Wildman–Crippen LogP) is 2.80. The molecule has 0 unspecified atom stereocenters. The number of ether oxygens (including phenoxy) is 2. The number of benzene rings is 2. The monoisotopic (exact) mass is 284 g/mol. The second-order valence-electron chi connectivity index (χ2n) is 5.35. The number of nitrogen functional groups attached to an aromatic ring is 1. The van der Waals surface area contributed by atoms with Gasteiger partial charge in [0.15, 0.2) is 0 Å². The van der Waals surface area contributed by atoms with Crippen LogP contribution in [0.1, 0.15) is 16.7 Å². The molecule has 0 saturated carbocycles. The molecule has 0 aliphatic carbocycles. The van der Waals surface area contributed by atoms with E-state index in [1.807, 2.05) is 18.2 Å². The van der Waals surface area contributed by atoms with Gasteiger partial charge in [0.2, 0.25) is 0 Å². The number of nitrogens with two attached hydrogens (primary N) is 1. The SMILES string of the molecule is COc1ccc(CN2Cc3ccc(N)cc3C2)c(OC)c1. The Morgan fingerprint density at radius 2 is 1.81 bits per heavy atom. The van der Waals surface area contributed by atoms with E-state index in [0.29, 0.717) is 0 Å². The van der Waals surface area contributed by atoms with Gasteiger partial charge >= 0.3 is 0 Å². The Labute approximate surface area is 125 Å². The highest BCUT2D eigenvalue weighted by atomic mass is 16.5. The fraction of sp³-hybridized carbons (Fsp3) is 0.294. The van der Waals surface area contributed by atoms with Crippen LogP contribution in [0, 0.1) is 0 Å². The van der Waals surface area contributed by atoms with Gasteiger partial charge in [-0.15, -0.1) is 0 Å². The molecular formula is C17H20N2O2. The Bertz CT molecular complexity index is 655. The zero-order chi connectivity index (χ0) is 14.8. The van der Waals surface area contributed by atoms with Crippen LogP contribution in [0.4, 0.5) is 5.69 Å². The van der Waals surface area contributed by atoms with Crippen LogP contribution in [0.5, 0.6) is 11.5 Å². The third-order valence-corrected chi connectivity index (χ3v) is 3.91. The van der Waals surface area contributed by atoms with Gasteiger partial charge in [0, 0.05) is 37.0 Å². The maximum atomic E-state index is 5.85. The van der Waals surface area contributed by atoms with E-state index in [-0.39, 0.29) is 0 Å². The van der Waals surface area contributed by atoms with Gasteiger partial charge < -0.3 is 15.2 Å². The molecule has 0 bridgehead atoms. The van der Waals surface area contributed by atoms with Crippen LogP contribution < -0.4 is 15.2 Å². The third-order valence-electron chi connectivity index (χ3n) is 3.91. The van der Waals surface area contributed by atoms with Gasteiger partial charge in [-0.05, 0) is 29.3 Å². The van der Waals surface area contributed by atoms with Crippen molar-refractivity contribution in [3.63, 3.8) is 0 Å². The first kappa shape index (κ1) is 13.8. The van der Waals surface area contributed by atoms with E-state index >= 15 is 0 Å². The number of rotatable bonds is 4. The van der Waals surface area contributed by atoms with E-state index in [2.05, 4.69) is 23.1 Å². The van der Waals surface area contributed by atoms with Crippen LogP contribution in [-0.4, -0.2) is 19.1 Å². The van der Waals surface area contributed by atoms with Crippen molar-refractivity contribution < 1.29 is 9.47 Å². The van der Waals surface area contributed by atoms with E-state index in [4.69, 9.17) is 15.2 Å². The summed E-state index contributed by atoms with van der Waals surface area (Å²) >= 11 is 0. The fourth-order valence-electron chi connectivity index (χ4n) is 2.82. The van der Waals surface area contributed by atoms with Crippen LogP contribution >= 0.6 is 0 Å². The molecule has 1 heterocycles. The molecule has 4 heteroatoms. The molecule has 0 radical (unpaired) electrons. The quantitative estimate of drug-likeness (QED) is 0.877. The topological polar surface area (TPSA) is 47.7 Å². The van der Waals surface area contributed by atoms with Crippen LogP contribution in [-0.2, 0) is 19.6 Å². The molecule has 1 aliphatic rings. The molecule has 2 aromatic rings. The summed E-state index contributed by atoms with van der Waals surface area (Å²) in [4.78, 5) is 2.38. The summed E-state index contributed by atoms with van der Waals surface area (Å²) in [7, 11) is 3.35. The van der Waals surface area contributed by atoms with Crippen LogP contribution in [0.3, 0.4) is 0 Å². The van der Waals surface area contributed by atoms with Gasteiger partial charge in [-0.2, -0.15) is 0 Å². The first-order valence-corrected chi connectivity index (χ1v) is 7.00. The lowest BCUT2D eigenvalue weighted by molar-refractivity contribution is 0.269. The van der Waals surface area contributed by atoms with Crippen molar-refractivity contribution in [3.05, 3.63) is 53.1 Å². The van der Waals surface area contributed by atoms with Crippen molar-refractivity contribution in [2.45, 2.75) is 19.6 Å². The van der Waals surface area contributed by atoms with E-state index in [0.717, 1.165) is 36.8 Å². The maximum Gasteiger partial charge on any atom is 0.127 e. The van der Waals surface area contributed by atoms with E-state index < -0.39 is 0 Å². The molecule has 0 atom stereocenters. The summed E-state index contributed by atoms with van der Waals surface area (Å²) in [5.41, 5.74) is 10.5. The first-order valence-electron chi connectivity index (χ1n) is 7.00. The fourth-order valence-corrected chi connectivity index (χ4v) is 2.82. The number of fused-ring (bicyclic) bond motifs is 1. The summed E-state index contributed by atoms with van der Waals surface area (Å²) in [6.45, 7) is 2.72. The Hall–Kier alpha value is -2.20. The predicted molar refractivity (Wildman–Crippen MR) is 83.4 cm³/mol. The molecule has 2 N–H and O–H groups in total. The average Bonchev–Trinajstić information content (AvgIpc) is 2.89. The average molecular weight is 284 g/mol. The number of methoxy groups -OCH3 is 2. The first-order chi connectivity index (χ1) is 10.2. The molecule has 1 aliphatic heterocycles. The van der Waals surface area contributed by atoms with Gasteiger partial charge in [-0.3, -0.25) is 4.90 Å². The van der Waals surface area contributed by atoms with Crippen molar-refractivity contribution in [1.82, 2.24) is 4.90 Å². The highest BCUT2D eigenvalue weighted by Gasteiger charge is 2.20. The molecule has 21 heavy (non-hydrogen) atoms. The minimum Gasteiger partial charge on any atom is -0.497 e. The normalized spacial score (nSPS) is 14.0. The molecule has 0 amide bonds. The molecule has 4 nitrogen and oxygen atoms in total.